The maximum Gasteiger partial charge on any atom is 0.522 e. The van der Waals surface area contributed by atoms with Crippen LogP contribution in [0.2, 0.25) is 0 Å². The molecular weight excluding hydrogens is 159 g/mol. The number of likely N-dealkylation sites (tertiary alicyclic amines) is 1. The number of ether oxygens (including phenoxy) is 1. The Kier molecular flexibility index (Phi) is 2.72. The summed E-state index contributed by atoms with van der Waals surface area (Å²) in [6.07, 6.45) is -3.38. The van der Waals surface area contributed by atoms with Crippen LogP contribution in [-0.4, -0.2) is 37.5 Å². The van der Waals surface area contributed by atoms with Gasteiger partial charge in [0.25, 0.3) is 0 Å². The maximum atomic E-state index is 11.4. The molecule has 11 heavy (non-hydrogen) atoms. The zero-order chi connectivity index (χ0) is 8.32. The van der Waals surface area contributed by atoms with Crippen LogP contribution in [0.25, 0.3) is 0 Å². The minimum Gasteiger partial charge on any atom is -0.301 e. The number of nitrogens with zero attached hydrogens (tertiary/aromatic N) is 1. The van der Waals surface area contributed by atoms with Gasteiger partial charge in [-0.05, 0) is 19.5 Å². The molecule has 1 aliphatic heterocycles. The van der Waals surface area contributed by atoms with Gasteiger partial charge in [0, 0.05) is 6.54 Å². The van der Waals surface area contributed by atoms with E-state index in [0.717, 1.165) is 19.5 Å². The molecule has 0 aliphatic carbocycles. The predicted molar refractivity (Wildman–Crippen MR) is 33.1 cm³/mol. The molecule has 0 saturated carbocycles. The van der Waals surface area contributed by atoms with Gasteiger partial charge >= 0.3 is 6.36 Å². The lowest BCUT2D eigenvalue weighted by atomic mass is 10.2. The fourth-order valence-electron chi connectivity index (χ4n) is 0.896. The van der Waals surface area contributed by atoms with E-state index in [2.05, 4.69) is 4.74 Å². The lowest BCUT2D eigenvalue weighted by molar-refractivity contribution is -0.325. The second kappa shape index (κ2) is 3.40. The summed E-state index contributed by atoms with van der Waals surface area (Å²) >= 11 is 0. The van der Waals surface area contributed by atoms with Gasteiger partial charge in [0.1, 0.15) is 0 Å². The van der Waals surface area contributed by atoms with Crippen molar-refractivity contribution in [2.75, 3.05) is 26.2 Å². The van der Waals surface area contributed by atoms with Crippen LogP contribution in [0.1, 0.15) is 6.42 Å². The largest absolute Gasteiger partial charge is 0.522 e. The molecule has 66 valence electrons. The van der Waals surface area contributed by atoms with Crippen LogP contribution >= 0.6 is 0 Å². The maximum absolute atomic E-state index is 11.4. The second-order valence-corrected chi connectivity index (χ2v) is 2.49. The van der Waals surface area contributed by atoms with Gasteiger partial charge in [-0.2, -0.15) is 0 Å². The Balaban J connectivity index is 1.95. The summed E-state index contributed by atoms with van der Waals surface area (Å²) in [5.74, 6) is 0. The third-order valence-electron chi connectivity index (χ3n) is 1.62. The van der Waals surface area contributed by atoms with Crippen LogP contribution < -0.4 is 0 Å². The standard InChI is InChI=1S/C6H10F3NO/c7-6(8,9)11-5-4-10-2-1-3-10/h1-5H2. The van der Waals surface area contributed by atoms with Crippen molar-refractivity contribution in [3.8, 4) is 0 Å². The average Bonchev–Trinajstić information content (AvgIpc) is 1.73. The van der Waals surface area contributed by atoms with Gasteiger partial charge < -0.3 is 4.90 Å². The lowest BCUT2D eigenvalue weighted by Gasteiger charge is -2.30. The van der Waals surface area contributed by atoms with Crippen LogP contribution in [0.15, 0.2) is 0 Å². The van der Waals surface area contributed by atoms with Crippen molar-refractivity contribution in [3.63, 3.8) is 0 Å². The molecule has 1 aliphatic rings. The molecule has 0 amide bonds. The normalized spacial score (nSPS) is 19.9. The molecule has 0 bridgehead atoms. The molecule has 0 N–H and O–H groups in total. The van der Waals surface area contributed by atoms with E-state index in [9.17, 15) is 13.2 Å². The van der Waals surface area contributed by atoms with Gasteiger partial charge in [-0.1, -0.05) is 0 Å². The summed E-state index contributed by atoms with van der Waals surface area (Å²) < 4.78 is 37.8. The van der Waals surface area contributed by atoms with Crippen molar-refractivity contribution in [1.82, 2.24) is 4.90 Å². The first kappa shape index (κ1) is 8.80. The molecule has 0 aromatic carbocycles. The molecule has 0 aromatic heterocycles. The number of hydrogen-bond acceptors (Lipinski definition) is 2. The zero-order valence-corrected chi connectivity index (χ0v) is 6.02. The Morgan fingerprint density at radius 3 is 2.27 bits per heavy atom. The minimum atomic E-state index is -4.47. The summed E-state index contributed by atoms with van der Waals surface area (Å²) in [7, 11) is 0. The molecule has 0 aromatic rings. The predicted octanol–water partition coefficient (Wildman–Crippen LogP) is 1.23. The van der Waals surface area contributed by atoms with E-state index in [1.54, 1.807) is 0 Å². The highest BCUT2D eigenvalue weighted by Gasteiger charge is 2.29. The van der Waals surface area contributed by atoms with Crippen molar-refractivity contribution in [2.24, 2.45) is 0 Å². The van der Waals surface area contributed by atoms with Crippen LogP contribution in [0.3, 0.4) is 0 Å². The average molecular weight is 169 g/mol. The molecular formula is C6H10F3NO. The Hall–Kier alpha value is -0.290. The molecule has 1 fully saturated rings. The Bertz CT molecular complexity index is 121. The number of hydrogen-bond donors (Lipinski definition) is 0. The van der Waals surface area contributed by atoms with Crippen molar-refractivity contribution in [2.45, 2.75) is 12.8 Å². The molecule has 1 heterocycles. The third kappa shape index (κ3) is 3.57. The van der Waals surface area contributed by atoms with E-state index in [1.807, 2.05) is 4.90 Å². The molecule has 1 rings (SSSR count). The van der Waals surface area contributed by atoms with Gasteiger partial charge in [-0.15, -0.1) is 13.2 Å². The quantitative estimate of drug-likeness (QED) is 0.630. The first-order chi connectivity index (χ1) is 5.08. The highest BCUT2D eigenvalue weighted by atomic mass is 19.4. The first-order valence-electron chi connectivity index (χ1n) is 3.51. The molecule has 5 heteroatoms. The van der Waals surface area contributed by atoms with Crippen LogP contribution in [-0.2, 0) is 4.74 Å². The first-order valence-corrected chi connectivity index (χ1v) is 3.51. The molecule has 0 atom stereocenters. The fourth-order valence-corrected chi connectivity index (χ4v) is 0.896. The van der Waals surface area contributed by atoms with Crippen LogP contribution in [0.4, 0.5) is 13.2 Å². The molecule has 0 radical (unpaired) electrons. The van der Waals surface area contributed by atoms with Crippen molar-refractivity contribution in [3.05, 3.63) is 0 Å². The summed E-state index contributed by atoms with van der Waals surface area (Å²) in [6, 6.07) is 0. The SMILES string of the molecule is FC(F)(F)OCCN1CCC1. The van der Waals surface area contributed by atoms with E-state index >= 15 is 0 Å². The molecule has 0 unspecified atom stereocenters. The highest BCUT2D eigenvalue weighted by molar-refractivity contribution is 4.67. The molecule has 1 saturated heterocycles. The summed E-state index contributed by atoms with van der Waals surface area (Å²) in [6.45, 7) is 1.95. The number of alkyl halides is 3. The molecule has 0 spiro atoms. The number of rotatable bonds is 3. The summed E-state index contributed by atoms with van der Waals surface area (Å²) in [4.78, 5) is 1.92. The van der Waals surface area contributed by atoms with E-state index in [-0.39, 0.29) is 6.61 Å². The van der Waals surface area contributed by atoms with Crippen LogP contribution in [0, 0.1) is 0 Å². The van der Waals surface area contributed by atoms with Gasteiger partial charge in [0.2, 0.25) is 0 Å². The second-order valence-electron chi connectivity index (χ2n) is 2.49. The molecule has 2 nitrogen and oxygen atoms in total. The van der Waals surface area contributed by atoms with Gasteiger partial charge in [-0.25, -0.2) is 0 Å². The van der Waals surface area contributed by atoms with E-state index < -0.39 is 6.36 Å². The Labute approximate surface area is 62.9 Å². The fraction of sp³-hybridized carbons (Fsp3) is 1.00. The Morgan fingerprint density at radius 2 is 1.91 bits per heavy atom. The van der Waals surface area contributed by atoms with E-state index in [1.165, 1.54) is 0 Å². The zero-order valence-electron chi connectivity index (χ0n) is 6.02. The van der Waals surface area contributed by atoms with Gasteiger partial charge in [-0.3, -0.25) is 4.74 Å². The smallest absolute Gasteiger partial charge is 0.301 e. The van der Waals surface area contributed by atoms with Crippen LogP contribution in [0.5, 0.6) is 0 Å². The van der Waals surface area contributed by atoms with E-state index in [4.69, 9.17) is 0 Å². The summed E-state index contributed by atoms with van der Waals surface area (Å²) in [5.41, 5.74) is 0. The Morgan fingerprint density at radius 1 is 1.27 bits per heavy atom. The van der Waals surface area contributed by atoms with Crippen molar-refractivity contribution >= 4 is 0 Å². The van der Waals surface area contributed by atoms with E-state index in [0.29, 0.717) is 6.54 Å². The van der Waals surface area contributed by atoms with Crippen molar-refractivity contribution in [1.29, 1.82) is 0 Å². The van der Waals surface area contributed by atoms with Gasteiger partial charge in [0.15, 0.2) is 0 Å². The van der Waals surface area contributed by atoms with Gasteiger partial charge in [0.05, 0.1) is 6.61 Å². The summed E-state index contributed by atoms with van der Waals surface area (Å²) in [5, 5.41) is 0. The lowest BCUT2D eigenvalue weighted by Crippen LogP contribution is -2.40. The topological polar surface area (TPSA) is 12.5 Å². The van der Waals surface area contributed by atoms with Crippen molar-refractivity contribution < 1.29 is 17.9 Å². The third-order valence-corrected chi connectivity index (χ3v) is 1.62. The monoisotopic (exact) mass is 169 g/mol. The number of halogens is 3. The minimum absolute atomic E-state index is 0.247. The highest BCUT2D eigenvalue weighted by Crippen LogP contribution is 2.16.